The Morgan fingerprint density at radius 2 is 1.89 bits per heavy atom. The second-order valence-corrected chi connectivity index (χ2v) is 4.64. The second-order valence-electron chi connectivity index (χ2n) is 4.64. The maximum atomic E-state index is 11.8. The van der Waals surface area contributed by atoms with E-state index in [4.69, 9.17) is 10.8 Å². The van der Waals surface area contributed by atoms with Crippen molar-refractivity contribution >= 4 is 17.6 Å². The lowest BCUT2D eigenvalue weighted by atomic mass is 9.97. The maximum absolute atomic E-state index is 11.8. The lowest BCUT2D eigenvalue weighted by molar-refractivity contribution is -0.141. The molecule has 104 valence electrons. The summed E-state index contributed by atoms with van der Waals surface area (Å²) in [6, 6.07) is 6.51. The SMILES string of the molecule is CCC(NC(=O)CC(C)c1ccc(N)cc1)C(=O)O. The maximum Gasteiger partial charge on any atom is 0.326 e. The fourth-order valence-electron chi connectivity index (χ4n) is 1.81. The quantitative estimate of drug-likeness (QED) is 0.682. The van der Waals surface area contributed by atoms with E-state index in [1.807, 2.05) is 19.1 Å². The zero-order valence-electron chi connectivity index (χ0n) is 11.2. The summed E-state index contributed by atoms with van der Waals surface area (Å²) in [5.74, 6) is -1.23. The third kappa shape index (κ3) is 4.62. The monoisotopic (exact) mass is 264 g/mol. The van der Waals surface area contributed by atoms with Gasteiger partial charge in [-0.2, -0.15) is 0 Å². The molecule has 0 aliphatic carbocycles. The van der Waals surface area contributed by atoms with E-state index in [9.17, 15) is 9.59 Å². The first kappa shape index (κ1) is 15.0. The van der Waals surface area contributed by atoms with Gasteiger partial charge < -0.3 is 16.2 Å². The summed E-state index contributed by atoms with van der Waals surface area (Å²) in [5.41, 5.74) is 7.29. The number of hydrogen-bond acceptors (Lipinski definition) is 3. The Balaban J connectivity index is 2.56. The van der Waals surface area contributed by atoms with Gasteiger partial charge in [0.05, 0.1) is 0 Å². The standard InChI is InChI=1S/C14H20N2O3/c1-3-12(14(18)19)16-13(17)8-9(2)10-4-6-11(15)7-5-10/h4-7,9,12H,3,8,15H2,1-2H3,(H,16,17)(H,18,19). The molecule has 0 radical (unpaired) electrons. The van der Waals surface area contributed by atoms with Crippen molar-refractivity contribution in [3.63, 3.8) is 0 Å². The molecule has 0 spiro atoms. The van der Waals surface area contributed by atoms with Crippen LogP contribution >= 0.6 is 0 Å². The van der Waals surface area contributed by atoms with Crippen LogP contribution in [0.15, 0.2) is 24.3 Å². The number of nitrogens with two attached hydrogens (primary N) is 1. The molecule has 0 saturated heterocycles. The van der Waals surface area contributed by atoms with Crippen LogP contribution in [-0.2, 0) is 9.59 Å². The van der Waals surface area contributed by atoms with Crippen LogP contribution in [0.5, 0.6) is 0 Å². The molecule has 1 aromatic carbocycles. The molecule has 0 bridgehead atoms. The van der Waals surface area contributed by atoms with Gasteiger partial charge in [0.2, 0.25) is 5.91 Å². The van der Waals surface area contributed by atoms with Crippen LogP contribution in [0.25, 0.3) is 0 Å². The number of carbonyl (C=O) groups is 2. The highest BCUT2D eigenvalue weighted by atomic mass is 16.4. The van der Waals surface area contributed by atoms with E-state index in [0.717, 1.165) is 5.56 Å². The van der Waals surface area contributed by atoms with Crippen molar-refractivity contribution < 1.29 is 14.7 Å². The molecule has 2 atom stereocenters. The molecule has 4 N–H and O–H groups in total. The minimum absolute atomic E-state index is 0.0203. The highest BCUT2D eigenvalue weighted by molar-refractivity contribution is 5.83. The Hall–Kier alpha value is -2.04. The third-order valence-electron chi connectivity index (χ3n) is 3.04. The van der Waals surface area contributed by atoms with Crippen molar-refractivity contribution in [2.75, 3.05) is 5.73 Å². The lowest BCUT2D eigenvalue weighted by Crippen LogP contribution is -2.40. The molecule has 1 rings (SSSR count). The number of nitrogens with one attached hydrogen (secondary N) is 1. The topological polar surface area (TPSA) is 92.4 Å². The number of hydrogen-bond donors (Lipinski definition) is 3. The Morgan fingerprint density at radius 1 is 1.32 bits per heavy atom. The molecule has 19 heavy (non-hydrogen) atoms. The first-order valence-electron chi connectivity index (χ1n) is 6.31. The molecule has 5 heteroatoms. The summed E-state index contributed by atoms with van der Waals surface area (Å²) in [7, 11) is 0. The minimum atomic E-state index is -1.00. The number of amides is 1. The van der Waals surface area contributed by atoms with Gasteiger partial charge in [-0.25, -0.2) is 4.79 Å². The molecule has 0 aliphatic rings. The van der Waals surface area contributed by atoms with Crippen LogP contribution in [0.2, 0.25) is 0 Å². The summed E-state index contributed by atoms with van der Waals surface area (Å²) in [6.45, 7) is 3.65. The van der Waals surface area contributed by atoms with Gasteiger partial charge in [0, 0.05) is 12.1 Å². The fourth-order valence-corrected chi connectivity index (χ4v) is 1.81. The van der Waals surface area contributed by atoms with E-state index in [0.29, 0.717) is 12.1 Å². The molecule has 1 aromatic rings. The molecule has 1 amide bonds. The molecular formula is C14H20N2O3. The number of carboxylic acid groups (broad SMARTS) is 1. The van der Waals surface area contributed by atoms with Gasteiger partial charge in [-0.05, 0) is 30.0 Å². The number of carbonyl (C=O) groups excluding carboxylic acids is 1. The predicted molar refractivity (Wildman–Crippen MR) is 73.7 cm³/mol. The molecular weight excluding hydrogens is 244 g/mol. The van der Waals surface area contributed by atoms with E-state index < -0.39 is 12.0 Å². The predicted octanol–water partition coefficient (Wildman–Crippen LogP) is 1.74. The smallest absolute Gasteiger partial charge is 0.326 e. The van der Waals surface area contributed by atoms with Gasteiger partial charge in [0.25, 0.3) is 0 Å². The summed E-state index contributed by atoms with van der Waals surface area (Å²) in [4.78, 5) is 22.6. The van der Waals surface area contributed by atoms with Crippen LogP contribution in [0.4, 0.5) is 5.69 Å². The summed E-state index contributed by atoms with van der Waals surface area (Å²) < 4.78 is 0. The van der Waals surface area contributed by atoms with Gasteiger partial charge in [-0.1, -0.05) is 26.0 Å². The van der Waals surface area contributed by atoms with Gasteiger partial charge in [0.15, 0.2) is 0 Å². The van der Waals surface area contributed by atoms with Crippen molar-refractivity contribution in [1.82, 2.24) is 5.32 Å². The summed E-state index contributed by atoms with van der Waals surface area (Å²) >= 11 is 0. The number of benzene rings is 1. The largest absolute Gasteiger partial charge is 0.480 e. The van der Waals surface area contributed by atoms with Crippen LogP contribution < -0.4 is 11.1 Å². The van der Waals surface area contributed by atoms with Crippen molar-refractivity contribution in [1.29, 1.82) is 0 Å². The number of carboxylic acids is 1. The number of rotatable bonds is 6. The normalized spacial score (nSPS) is 13.6. The van der Waals surface area contributed by atoms with Gasteiger partial charge in [0.1, 0.15) is 6.04 Å². The van der Waals surface area contributed by atoms with E-state index >= 15 is 0 Å². The fraction of sp³-hybridized carbons (Fsp3) is 0.429. The first-order valence-corrected chi connectivity index (χ1v) is 6.31. The third-order valence-corrected chi connectivity index (χ3v) is 3.04. The number of aliphatic carboxylic acids is 1. The second kappa shape index (κ2) is 6.78. The highest BCUT2D eigenvalue weighted by Gasteiger charge is 2.19. The molecule has 0 saturated carbocycles. The number of anilines is 1. The Labute approximate surface area is 112 Å². The van der Waals surface area contributed by atoms with Gasteiger partial charge in [-0.3, -0.25) is 4.79 Å². The average Bonchev–Trinajstić information content (AvgIpc) is 2.36. The zero-order chi connectivity index (χ0) is 14.4. The van der Waals surface area contributed by atoms with Crippen molar-refractivity contribution in [3.05, 3.63) is 29.8 Å². The summed E-state index contributed by atoms with van der Waals surface area (Å²) in [6.07, 6.45) is 0.630. The minimum Gasteiger partial charge on any atom is -0.480 e. The van der Waals surface area contributed by atoms with Crippen LogP contribution in [-0.4, -0.2) is 23.0 Å². The molecule has 0 heterocycles. The first-order chi connectivity index (χ1) is 8.93. The van der Waals surface area contributed by atoms with Crippen molar-refractivity contribution in [3.8, 4) is 0 Å². The molecule has 5 nitrogen and oxygen atoms in total. The number of nitrogen functional groups attached to an aromatic ring is 1. The van der Waals surface area contributed by atoms with E-state index in [2.05, 4.69) is 5.32 Å². The van der Waals surface area contributed by atoms with Crippen LogP contribution in [0.3, 0.4) is 0 Å². The molecule has 0 aliphatic heterocycles. The molecule has 0 fully saturated rings. The Kier molecular flexibility index (Phi) is 5.36. The Morgan fingerprint density at radius 3 is 2.37 bits per heavy atom. The molecule has 2 unspecified atom stereocenters. The average molecular weight is 264 g/mol. The van der Waals surface area contributed by atoms with Crippen molar-refractivity contribution in [2.24, 2.45) is 0 Å². The van der Waals surface area contributed by atoms with E-state index in [-0.39, 0.29) is 18.2 Å². The highest BCUT2D eigenvalue weighted by Crippen LogP contribution is 2.20. The van der Waals surface area contributed by atoms with E-state index in [1.165, 1.54) is 0 Å². The van der Waals surface area contributed by atoms with Gasteiger partial charge >= 0.3 is 5.97 Å². The van der Waals surface area contributed by atoms with Crippen molar-refractivity contribution in [2.45, 2.75) is 38.6 Å². The summed E-state index contributed by atoms with van der Waals surface area (Å²) in [5, 5.41) is 11.4. The molecule has 0 aromatic heterocycles. The van der Waals surface area contributed by atoms with Crippen LogP contribution in [0, 0.1) is 0 Å². The van der Waals surface area contributed by atoms with E-state index in [1.54, 1.807) is 19.1 Å². The Bertz CT molecular complexity index is 443. The van der Waals surface area contributed by atoms with Crippen LogP contribution in [0.1, 0.15) is 38.2 Å². The van der Waals surface area contributed by atoms with Gasteiger partial charge in [-0.15, -0.1) is 0 Å². The lowest BCUT2D eigenvalue weighted by Gasteiger charge is -2.15. The zero-order valence-corrected chi connectivity index (χ0v) is 11.2.